The molecule has 2 rings (SSSR count). The number of piperazine rings is 1. The molecule has 0 amide bonds. The van der Waals surface area contributed by atoms with Gasteiger partial charge in [0.2, 0.25) is 10.0 Å². The first-order chi connectivity index (χ1) is 10.1. The molecule has 1 aromatic carbocycles. The maximum absolute atomic E-state index is 12.1. The van der Waals surface area contributed by atoms with Gasteiger partial charge in [0, 0.05) is 39.3 Å². The lowest BCUT2D eigenvalue weighted by molar-refractivity contribution is 0.245. The number of hydrogen-bond donors (Lipinski definition) is 2. The molecule has 118 valence electrons. The van der Waals surface area contributed by atoms with E-state index in [4.69, 9.17) is 0 Å². The summed E-state index contributed by atoms with van der Waals surface area (Å²) in [4.78, 5) is 2.28. The number of nitrogens with one attached hydrogen (secondary N) is 2. The zero-order valence-electron chi connectivity index (χ0n) is 12.6. The molecule has 2 N–H and O–H groups in total. The molecule has 6 heteroatoms. The molecule has 0 radical (unpaired) electrons. The van der Waals surface area contributed by atoms with Gasteiger partial charge >= 0.3 is 0 Å². The van der Waals surface area contributed by atoms with Gasteiger partial charge in [-0.2, -0.15) is 0 Å². The van der Waals surface area contributed by atoms with E-state index in [1.807, 2.05) is 37.3 Å². The van der Waals surface area contributed by atoms with Crippen molar-refractivity contribution in [1.82, 2.24) is 14.9 Å². The molecular formula is C15H25N3O2S. The fourth-order valence-corrected chi connectivity index (χ4v) is 3.93. The molecule has 1 unspecified atom stereocenters. The van der Waals surface area contributed by atoms with Crippen molar-refractivity contribution in [3.05, 3.63) is 35.9 Å². The summed E-state index contributed by atoms with van der Waals surface area (Å²) in [5, 5.41) is 3.29. The van der Waals surface area contributed by atoms with Crippen molar-refractivity contribution in [3.63, 3.8) is 0 Å². The van der Waals surface area contributed by atoms with E-state index in [9.17, 15) is 8.42 Å². The summed E-state index contributed by atoms with van der Waals surface area (Å²) in [6.45, 7) is 7.16. The van der Waals surface area contributed by atoms with Crippen LogP contribution in [-0.2, 0) is 10.0 Å². The number of sulfonamides is 1. The Labute approximate surface area is 127 Å². The molecule has 1 saturated heterocycles. The van der Waals surface area contributed by atoms with Crippen LogP contribution >= 0.6 is 0 Å². The monoisotopic (exact) mass is 311 g/mol. The number of hydrogen-bond acceptors (Lipinski definition) is 4. The van der Waals surface area contributed by atoms with Crippen LogP contribution in [0, 0.1) is 0 Å². The second kappa shape index (κ2) is 7.89. The highest BCUT2D eigenvalue weighted by molar-refractivity contribution is 7.89. The quantitative estimate of drug-likeness (QED) is 0.775. The first-order valence-electron chi connectivity index (χ1n) is 7.52. The van der Waals surface area contributed by atoms with Crippen LogP contribution in [0.5, 0.6) is 0 Å². The third-order valence-corrected chi connectivity index (χ3v) is 5.38. The van der Waals surface area contributed by atoms with Crippen LogP contribution in [-0.4, -0.2) is 58.3 Å². The summed E-state index contributed by atoms with van der Waals surface area (Å²) in [7, 11) is -3.22. The molecule has 1 atom stereocenters. The highest BCUT2D eigenvalue weighted by atomic mass is 32.2. The van der Waals surface area contributed by atoms with Crippen molar-refractivity contribution in [1.29, 1.82) is 0 Å². The van der Waals surface area contributed by atoms with Gasteiger partial charge in [0.15, 0.2) is 0 Å². The Balaban J connectivity index is 1.76. The third-order valence-electron chi connectivity index (χ3n) is 3.80. The summed E-state index contributed by atoms with van der Waals surface area (Å²) in [5.74, 6) is 0.140. The molecule has 1 aliphatic heterocycles. The smallest absolute Gasteiger partial charge is 0.212 e. The Hall–Kier alpha value is -0.950. The number of nitrogens with zero attached hydrogens (tertiary/aromatic N) is 1. The van der Waals surface area contributed by atoms with Gasteiger partial charge in [-0.3, -0.25) is 4.90 Å². The van der Waals surface area contributed by atoms with E-state index >= 15 is 0 Å². The van der Waals surface area contributed by atoms with Gasteiger partial charge in [-0.25, -0.2) is 13.1 Å². The standard InChI is InChI=1S/C15H25N3O2S/c1-14(15-5-3-2-4-6-15)13-21(19,20)17-9-12-18-10-7-16-8-11-18/h2-6,14,16-17H,7-13H2,1H3. The van der Waals surface area contributed by atoms with Gasteiger partial charge in [0.1, 0.15) is 0 Å². The topological polar surface area (TPSA) is 61.4 Å². The van der Waals surface area contributed by atoms with E-state index in [0.29, 0.717) is 6.54 Å². The average molecular weight is 311 g/mol. The Bertz CT molecular complexity index is 513. The molecule has 1 fully saturated rings. The van der Waals surface area contributed by atoms with Crippen LogP contribution in [0.4, 0.5) is 0 Å². The van der Waals surface area contributed by atoms with Crippen LogP contribution in [0.15, 0.2) is 30.3 Å². The Kier molecular flexibility index (Phi) is 6.17. The number of benzene rings is 1. The first-order valence-corrected chi connectivity index (χ1v) is 9.17. The summed E-state index contributed by atoms with van der Waals surface area (Å²) in [6, 6.07) is 9.77. The zero-order valence-corrected chi connectivity index (χ0v) is 13.4. The fourth-order valence-electron chi connectivity index (χ4n) is 2.56. The van der Waals surface area contributed by atoms with E-state index in [0.717, 1.165) is 38.3 Å². The molecular weight excluding hydrogens is 286 g/mol. The minimum absolute atomic E-state index is 0.00267. The van der Waals surface area contributed by atoms with E-state index in [2.05, 4.69) is 14.9 Å². The molecule has 21 heavy (non-hydrogen) atoms. The van der Waals surface area contributed by atoms with Crippen LogP contribution < -0.4 is 10.0 Å². The van der Waals surface area contributed by atoms with Crippen LogP contribution in [0.1, 0.15) is 18.4 Å². The van der Waals surface area contributed by atoms with Crippen molar-refractivity contribution in [2.45, 2.75) is 12.8 Å². The molecule has 1 aliphatic rings. The summed E-state index contributed by atoms with van der Waals surface area (Å²) in [6.07, 6.45) is 0. The van der Waals surface area contributed by atoms with Gasteiger partial charge < -0.3 is 5.32 Å². The maximum Gasteiger partial charge on any atom is 0.212 e. The van der Waals surface area contributed by atoms with Crippen molar-refractivity contribution in [3.8, 4) is 0 Å². The Morgan fingerprint density at radius 1 is 1.24 bits per heavy atom. The number of rotatable bonds is 7. The lowest BCUT2D eigenvalue weighted by atomic mass is 10.0. The van der Waals surface area contributed by atoms with E-state index in [-0.39, 0.29) is 11.7 Å². The van der Waals surface area contributed by atoms with E-state index < -0.39 is 10.0 Å². The van der Waals surface area contributed by atoms with Gasteiger partial charge in [0.25, 0.3) is 0 Å². The predicted molar refractivity (Wildman–Crippen MR) is 86.0 cm³/mol. The second-order valence-corrected chi connectivity index (χ2v) is 7.43. The fraction of sp³-hybridized carbons (Fsp3) is 0.600. The van der Waals surface area contributed by atoms with Crippen molar-refractivity contribution in [2.75, 3.05) is 45.0 Å². The summed E-state index contributed by atoms with van der Waals surface area (Å²) >= 11 is 0. The largest absolute Gasteiger partial charge is 0.314 e. The van der Waals surface area contributed by atoms with Gasteiger partial charge in [-0.15, -0.1) is 0 Å². The van der Waals surface area contributed by atoms with Gasteiger partial charge in [0.05, 0.1) is 5.75 Å². The highest BCUT2D eigenvalue weighted by Crippen LogP contribution is 2.16. The molecule has 5 nitrogen and oxygen atoms in total. The van der Waals surface area contributed by atoms with Gasteiger partial charge in [-0.1, -0.05) is 37.3 Å². The Morgan fingerprint density at radius 3 is 2.57 bits per heavy atom. The maximum atomic E-state index is 12.1. The van der Waals surface area contributed by atoms with Crippen molar-refractivity contribution in [2.24, 2.45) is 0 Å². The third kappa shape index (κ3) is 5.74. The molecule has 0 aliphatic carbocycles. The second-order valence-electron chi connectivity index (χ2n) is 5.58. The summed E-state index contributed by atoms with van der Waals surface area (Å²) in [5.41, 5.74) is 1.06. The SMILES string of the molecule is CC(CS(=O)(=O)NCCN1CCNCC1)c1ccccc1. The van der Waals surface area contributed by atoms with Crippen LogP contribution in [0.3, 0.4) is 0 Å². The normalized spacial score (nSPS) is 18.5. The Morgan fingerprint density at radius 2 is 1.90 bits per heavy atom. The molecule has 1 heterocycles. The lowest BCUT2D eigenvalue weighted by Gasteiger charge is -2.27. The average Bonchev–Trinajstić information content (AvgIpc) is 2.48. The van der Waals surface area contributed by atoms with Gasteiger partial charge in [-0.05, 0) is 11.5 Å². The molecule has 0 saturated carbocycles. The van der Waals surface area contributed by atoms with Crippen molar-refractivity contribution >= 4 is 10.0 Å². The minimum Gasteiger partial charge on any atom is -0.314 e. The lowest BCUT2D eigenvalue weighted by Crippen LogP contribution is -2.46. The van der Waals surface area contributed by atoms with Crippen molar-refractivity contribution < 1.29 is 8.42 Å². The molecule has 0 spiro atoms. The molecule has 0 bridgehead atoms. The van der Waals surface area contributed by atoms with Crippen LogP contribution in [0.2, 0.25) is 0 Å². The first kappa shape index (κ1) is 16.4. The molecule has 0 aromatic heterocycles. The zero-order chi connectivity index (χ0) is 15.1. The predicted octanol–water partition coefficient (Wildman–Crippen LogP) is 0.615. The molecule has 1 aromatic rings. The minimum atomic E-state index is -3.22. The highest BCUT2D eigenvalue weighted by Gasteiger charge is 2.17. The van der Waals surface area contributed by atoms with E-state index in [1.54, 1.807) is 0 Å². The van der Waals surface area contributed by atoms with E-state index in [1.165, 1.54) is 0 Å². The van der Waals surface area contributed by atoms with Crippen LogP contribution in [0.25, 0.3) is 0 Å². The summed E-state index contributed by atoms with van der Waals surface area (Å²) < 4.78 is 26.9.